The van der Waals surface area contributed by atoms with Gasteiger partial charge in [-0.2, -0.15) is 0 Å². The molecular weight excluding hydrogens is 209 g/mol. The zero-order chi connectivity index (χ0) is 11.7. The molecule has 1 heterocycles. The SMILES string of the molecule is CC(C)(C)[Si](C)(C)O[C@H]1CCNC[C@@H]1F. The first-order valence-electron chi connectivity index (χ1n) is 5.76. The number of hydrogen-bond donors (Lipinski definition) is 1. The topological polar surface area (TPSA) is 21.3 Å². The van der Waals surface area contributed by atoms with Crippen LogP contribution in [0, 0.1) is 0 Å². The molecule has 2 atom stereocenters. The number of halogens is 1. The lowest BCUT2D eigenvalue weighted by atomic mass is 10.1. The standard InChI is InChI=1S/C11H24FNOSi/c1-11(2,3)15(4,5)14-10-6-7-13-8-9(10)12/h9-10,13H,6-8H2,1-5H3/t9-,10-/m0/s1. The van der Waals surface area contributed by atoms with Crippen molar-refractivity contribution in [1.82, 2.24) is 5.32 Å². The van der Waals surface area contributed by atoms with Gasteiger partial charge in [-0.1, -0.05) is 20.8 Å². The van der Waals surface area contributed by atoms with E-state index < -0.39 is 14.5 Å². The highest BCUT2D eigenvalue weighted by molar-refractivity contribution is 6.74. The van der Waals surface area contributed by atoms with E-state index in [-0.39, 0.29) is 11.1 Å². The van der Waals surface area contributed by atoms with Gasteiger partial charge in [-0.3, -0.25) is 0 Å². The first kappa shape index (κ1) is 13.1. The van der Waals surface area contributed by atoms with E-state index in [9.17, 15) is 4.39 Å². The summed E-state index contributed by atoms with van der Waals surface area (Å²) in [5, 5.41) is 3.21. The van der Waals surface area contributed by atoms with Gasteiger partial charge in [0.1, 0.15) is 6.17 Å². The van der Waals surface area contributed by atoms with E-state index in [1.807, 2.05) is 0 Å². The maximum atomic E-state index is 13.6. The van der Waals surface area contributed by atoms with Crippen LogP contribution < -0.4 is 5.32 Å². The van der Waals surface area contributed by atoms with Crippen molar-refractivity contribution in [2.75, 3.05) is 13.1 Å². The quantitative estimate of drug-likeness (QED) is 0.741. The Hall–Kier alpha value is 0.0669. The van der Waals surface area contributed by atoms with Gasteiger partial charge in [0.15, 0.2) is 8.32 Å². The fourth-order valence-electron chi connectivity index (χ4n) is 1.48. The van der Waals surface area contributed by atoms with Gasteiger partial charge >= 0.3 is 0 Å². The monoisotopic (exact) mass is 233 g/mol. The van der Waals surface area contributed by atoms with Crippen LogP contribution in [0.15, 0.2) is 0 Å². The van der Waals surface area contributed by atoms with Gasteiger partial charge in [-0.05, 0) is 31.1 Å². The third-order valence-electron chi connectivity index (χ3n) is 3.60. The number of rotatable bonds is 2. The third-order valence-corrected chi connectivity index (χ3v) is 8.10. The van der Waals surface area contributed by atoms with E-state index in [2.05, 4.69) is 39.2 Å². The lowest BCUT2D eigenvalue weighted by molar-refractivity contribution is 0.0617. The Labute approximate surface area is 93.7 Å². The average Bonchev–Trinajstić information content (AvgIpc) is 2.06. The molecule has 0 aromatic carbocycles. The molecule has 1 aliphatic rings. The molecule has 0 aliphatic carbocycles. The molecule has 0 aromatic heterocycles. The van der Waals surface area contributed by atoms with E-state index in [1.54, 1.807) is 0 Å². The first-order valence-corrected chi connectivity index (χ1v) is 8.67. The van der Waals surface area contributed by atoms with Crippen LogP contribution in [0.4, 0.5) is 4.39 Å². The molecule has 90 valence electrons. The van der Waals surface area contributed by atoms with Crippen LogP contribution in [-0.4, -0.2) is 33.7 Å². The summed E-state index contributed by atoms with van der Waals surface area (Å²) in [4.78, 5) is 0. The second kappa shape index (κ2) is 4.51. The Bertz CT molecular complexity index is 215. The number of piperidine rings is 1. The van der Waals surface area contributed by atoms with E-state index in [1.165, 1.54) is 0 Å². The number of nitrogens with one attached hydrogen (secondary N) is 1. The number of hydrogen-bond acceptors (Lipinski definition) is 2. The van der Waals surface area contributed by atoms with E-state index >= 15 is 0 Å². The minimum Gasteiger partial charge on any atom is -0.411 e. The maximum Gasteiger partial charge on any atom is 0.192 e. The highest BCUT2D eigenvalue weighted by Gasteiger charge is 2.41. The second-order valence-electron chi connectivity index (χ2n) is 5.93. The Morgan fingerprint density at radius 1 is 1.33 bits per heavy atom. The van der Waals surface area contributed by atoms with E-state index in [0.29, 0.717) is 6.54 Å². The molecule has 1 rings (SSSR count). The van der Waals surface area contributed by atoms with E-state index in [0.717, 1.165) is 13.0 Å². The zero-order valence-electron chi connectivity index (χ0n) is 10.6. The van der Waals surface area contributed by atoms with Crippen molar-refractivity contribution in [1.29, 1.82) is 0 Å². The maximum absolute atomic E-state index is 13.6. The summed E-state index contributed by atoms with van der Waals surface area (Å²) < 4.78 is 19.7. The van der Waals surface area contributed by atoms with Gasteiger partial charge in [0.2, 0.25) is 0 Å². The Morgan fingerprint density at radius 2 is 1.93 bits per heavy atom. The Balaban J connectivity index is 2.59. The molecule has 1 fully saturated rings. The van der Waals surface area contributed by atoms with Crippen molar-refractivity contribution >= 4 is 8.32 Å². The van der Waals surface area contributed by atoms with Crippen LogP contribution in [0.25, 0.3) is 0 Å². The minimum atomic E-state index is -1.80. The molecule has 0 aromatic rings. The van der Waals surface area contributed by atoms with Crippen molar-refractivity contribution in [3.8, 4) is 0 Å². The van der Waals surface area contributed by atoms with Crippen molar-refractivity contribution in [2.24, 2.45) is 0 Å². The molecule has 0 radical (unpaired) electrons. The molecule has 0 bridgehead atoms. The molecule has 1 saturated heterocycles. The van der Waals surface area contributed by atoms with Gasteiger partial charge in [0.25, 0.3) is 0 Å². The average molecular weight is 233 g/mol. The van der Waals surface area contributed by atoms with Crippen molar-refractivity contribution in [3.63, 3.8) is 0 Å². The zero-order valence-corrected chi connectivity index (χ0v) is 11.6. The predicted octanol–water partition coefficient (Wildman–Crippen LogP) is 2.71. The van der Waals surface area contributed by atoms with Crippen LogP contribution >= 0.6 is 0 Å². The van der Waals surface area contributed by atoms with Crippen LogP contribution in [0.2, 0.25) is 18.1 Å². The summed E-state index contributed by atoms with van der Waals surface area (Å²) in [5.74, 6) is 0. The highest BCUT2D eigenvalue weighted by Crippen LogP contribution is 2.38. The number of alkyl halides is 1. The molecule has 2 nitrogen and oxygen atoms in total. The summed E-state index contributed by atoms with van der Waals surface area (Å²) >= 11 is 0. The second-order valence-corrected chi connectivity index (χ2v) is 10.7. The van der Waals surface area contributed by atoms with Gasteiger partial charge in [-0.25, -0.2) is 4.39 Å². The van der Waals surface area contributed by atoms with Crippen LogP contribution in [0.1, 0.15) is 27.2 Å². The van der Waals surface area contributed by atoms with Crippen LogP contribution in [-0.2, 0) is 4.43 Å². The van der Waals surface area contributed by atoms with Gasteiger partial charge in [0.05, 0.1) is 6.10 Å². The minimum absolute atomic E-state index is 0.164. The molecule has 4 heteroatoms. The van der Waals surface area contributed by atoms with Gasteiger partial charge in [-0.15, -0.1) is 0 Å². The van der Waals surface area contributed by atoms with Crippen molar-refractivity contribution < 1.29 is 8.82 Å². The molecule has 15 heavy (non-hydrogen) atoms. The molecule has 1 aliphatic heterocycles. The highest BCUT2D eigenvalue weighted by atomic mass is 28.4. The molecule has 0 unspecified atom stereocenters. The van der Waals surface area contributed by atoms with E-state index in [4.69, 9.17) is 4.43 Å². The molecule has 0 amide bonds. The molecule has 0 spiro atoms. The van der Waals surface area contributed by atoms with Gasteiger partial charge in [0, 0.05) is 6.54 Å². The molecular formula is C11H24FNOSi. The lowest BCUT2D eigenvalue weighted by Gasteiger charge is -2.41. The smallest absolute Gasteiger partial charge is 0.192 e. The van der Waals surface area contributed by atoms with Crippen LogP contribution in [0.5, 0.6) is 0 Å². The van der Waals surface area contributed by atoms with Gasteiger partial charge < -0.3 is 9.74 Å². The third kappa shape index (κ3) is 3.26. The normalized spacial score (nSPS) is 29.2. The molecule has 1 N–H and O–H groups in total. The summed E-state index contributed by atoms with van der Waals surface area (Å²) in [6, 6.07) is 0. The summed E-state index contributed by atoms with van der Waals surface area (Å²) in [5.41, 5.74) is 0. The lowest BCUT2D eigenvalue weighted by Crippen LogP contribution is -2.51. The Morgan fingerprint density at radius 3 is 2.40 bits per heavy atom. The fourth-order valence-corrected chi connectivity index (χ4v) is 2.86. The largest absolute Gasteiger partial charge is 0.411 e. The van der Waals surface area contributed by atoms with Crippen molar-refractivity contribution in [2.45, 2.75) is 57.6 Å². The fraction of sp³-hybridized carbons (Fsp3) is 1.00. The molecule has 0 saturated carbocycles. The summed E-state index contributed by atoms with van der Waals surface area (Å²) in [6.07, 6.45) is -0.228. The summed E-state index contributed by atoms with van der Waals surface area (Å²) in [7, 11) is -1.80. The summed E-state index contributed by atoms with van der Waals surface area (Å²) in [6.45, 7) is 12.2. The van der Waals surface area contributed by atoms with Crippen molar-refractivity contribution in [3.05, 3.63) is 0 Å². The predicted molar refractivity (Wildman–Crippen MR) is 64.5 cm³/mol. The first-order chi connectivity index (χ1) is 6.74. The Kier molecular flexibility index (Phi) is 3.95. The van der Waals surface area contributed by atoms with Crippen LogP contribution in [0.3, 0.4) is 0 Å².